The smallest absolute Gasteiger partial charge is 0.349 e. The Kier molecular flexibility index (Phi) is 6.26. The molecule has 1 aromatic carbocycles. The number of ether oxygens (including phenoxy) is 2. The first-order chi connectivity index (χ1) is 13.4. The van der Waals surface area contributed by atoms with Crippen LogP contribution in [0.1, 0.15) is 46.4 Å². The van der Waals surface area contributed by atoms with Crippen LogP contribution in [0.15, 0.2) is 35.1 Å². The summed E-state index contributed by atoms with van der Waals surface area (Å²) in [4.78, 5) is 31.4. The number of benzene rings is 1. The topological polar surface area (TPSA) is 70.4 Å². The summed E-state index contributed by atoms with van der Waals surface area (Å²) in [5, 5.41) is 0.483. The second-order valence-electron chi connectivity index (χ2n) is 6.87. The number of carbonyl (C=O) groups excluding carboxylic acids is 1. The highest BCUT2D eigenvalue weighted by Gasteiger charge is 2.23. The van der Waals surface area contributed by atoms with Crippen LogP contribution in [0.25, 0.3) is 10.2 Å². The summed E-state index contributed by atoms with van der Waals surface area (Å²) in [5.41, 5.74) is 1.40. The number of aromatic nitrogens is 2. The normalized spacial score (nSPS) is 11.3. The molecule has 0 atom stereocenters. The number of fused-ring (bicyclic) bond motifs is 1. The lowest BCUT2D eigenvalue weighted by atomic mass is 10.1. The lowest BCUT2D eigenvalue weighted by Gasteiger charge is -2.14. The molecular formula is C21H24N2O4S. The maximum atomic E-state index is 13.1. The number of hydrogen-bond donors (Lipinski definition) is 0. The van der Waals surface area contributed by atoms with Crippen molar-refractivity contribution in [1.82, 2.24) is 9.55 Å². The predicted octanol–water partition coefficient (Wildman–Crippen LogP) is 3.89. The standard InChI is InChI=1S/C21H24N2O4S/c1-13(2)18-22-19-16(20(24)23(18)10-11-26-4)14(3)17(28-19)21(25)27-12-15-8-6-5-7-9-15/h5-9,13H,10-12H2,1-4H3. The van der Waals surface area contributed by atoms with Gasteiger partial charge in [0.05, 0.1) is 18.5 Å². The highest BCUT2D eigenvalue weighted by molar-refractivity contribution is 7.20. The monoisotopic (exact) mass is 400 g/mol. The van der Waals surface area contributed by atoms with E-state index in [1.165, 1.54) is 11.3 Å². The highest BCUT2D eigenvalue weighted by atomic mass is 32.1. The Labute approximate surface area is 167 Å². The molecular weight excluding hydrogens is 376 g/mol. The molecule has 6 nitrogen and oxygen atoms in total. The maximum Gasteiger partial charge on any atom is 0.349 e. The SMILES string of the molecule is COCCn1c(C(C)C)nc2sc(C(=O)OCc3ccccc3)c(C)c2c1=O. The molecule has 148 valence electrons. The molecule has 0 unspecified atom stereocenters. The van der Waals surface area contributed by atoms with Gasteiger partial charge in [-0.05, 0) is 18.1 Å². The van der Waals surface area contributed by atoms with E-state index in [9.17, 15) is 9.59 Å². The van der Waals surface area contributed by atoms with Crippen LogP contribution in [0.3, 0.4) is 0 Å². The van der Waals surface area contributed by atoms with Gasteiger partial charge in [-0.1, -0.05) is 44.2 Å². The van der Waals surface area contributed by atoms with Gasteiger partial charge in [-0.2, -0.15) is 0 Å². The van der Waals surface area contributed by atoms with E-state index in [-0.39, 0.29) is 18.1 Å². The minimum atomic E-state index is -0.432. The van der Waals surface area contributed by atoms with Crippen molar-refractivity contribution in [2.75, 3.05) is 13.7 Å². The van der Waals surface area contributed by atoms with Gasteiger partial charge in [0, 0.05) is 13.0 Å². The molecule has 0 fully saturated rings. The van der Waals surface area contributed by atoms with Gasteiger partial charge in [-0.3, -0.25) is 9.36 Å². The van der Waals surface area contributed by atoms with E-state index < -0.39 is 5.97 Å². The van der Waals surface area contributed by atoms with E-state index >= 15 is 0 Å². The zero-order valence-electron chi connectivity index (χ0n) is 16.5. The molecule has 0 saturated heterocycles. The zero-order valence-corrected chi connectivity index (χ0v) is 17.3. The molecule has 0 spiro atoms. The van der Waals surface area contributed by atoms with Crippen LogP contribution in [0.5, 0.6) is 0 Å². The molecule has 0 N–H and O–H groups in total. The molecule has 28 heavy (non-hydrogen) atoms. The lowest BCUT2D eigenvalue weighted by molar-refractivity contribution is 0.0478. The fourth-order valence-electron chi connectivity index (χ4n) is 3.06. The number of carbonyl (C=O) groups is 1. The molecule has 0 aliphatic rings. The molecule has 0 aliphatic carbocycles. The van der Waals surface area contributed by atoms with Gasteiger partial charge in [-0.25, -0.2) is 9.78 Å². The van der Waals surface area contributed by atoms with E-state index in [1.54, 1.807) is 18.6 Å². The lowest BCUT2D eigenvalue weighted by Crippen LogP contribution is -2.27. The predicted molar refractivity (Wildman–Crippen MR) is 110 cm³/mol. The van der Waals surface area contributed by atoms with Crippen molar-refractivity contribution in [2.45, 2.75) is 39.8 Å². The molecule has 0 aliphatic heterocycles. The Morgan fingerprint density at radius 3 is 2.61 bits per heavy atom. The number of esters is 1. The van der Waals surface area contributed by atoms with Gasteiger partial charge in [-0.15, -0.1) is 11.3 Å². The largest absolute Gasteiger partial charge is 0.457 e. The van der Waals surface area contributed by atoms with Crippen LogP contribution in [0.4, 0.5) is 0 Å². The van der Waals surface area contributed by atoms with Gasteiger partial charge >= 0.3 is 5.97 Å². The van der Waals surface area contributed by atoms with Crippen molar-refractivity contribution >= 4 is 27.5 Å². The number of rotatable bonds is 7. The molecule has 0 bridgehead atoms. The summed E-state index contributed by atoms with van der Waals surface area (Å²) in [5.74, 6) is 0.336. The van der Waals surface area contributed by atoms with Crippen LogP contribution < -0.4 is 5.56 Å². The van der Waals surface area contributed by atoms with Gasteiger partial charge in [0.1, 0.15) is 22.1 Å². The quantitative estimate of drug-likeness (QED) is 0.563. The van der Waals surface area contributed by atoms with E-state index in [0.717, 1.165) is 5.56 Å². The molecule has 0 amide bonds. The number of nitrogens with zero attached hydrogens (tertiary/aromatic N) is 2. The van der Waals surface area contributed by atoms with Crippen LogP contribution in [0, 0.1) is 6.92 Å². The summed E-state index contributed by atoms with van der Waals surface area (Å²) in [6, 6.07) is 9.50. The molecule has 3 aromatic rings. The van der Waals surface area contributed by atoms with Crippen molar-refractivity contribution in [3.05, 3.63) is 62.5 Å². The summed E-state index contributed by atoms with van der Waals surface area (Å²) < 4.78 is 12.2. The average molecular weight is 401 g/mol. The van der Waals surface area contributed by atoms with Gasteiger partial charge in [0.2, 0.25) is 0 Å². The van der Waals surface area contributed by atoms with Gasteiger partial charge in [0.15, 0.2) is 0 Å². The summed E-state index contributed by atoms with van der Waals surface area (Å²) in [7, 11) is 1.60. The van der Waals surface area contributed by atoms with Crippen LogP contribution >= 0.6 is 11.3 Å². The van der Waals surface area contributed by atoms with E-state index in [4.69, 9.17) is 9.47 Å². The highest BCUT2D eigenvalue weighted by Crippen LogP contribution is 2.29. The molecule has 0 saturated carbocycles. The molecule has 2 heterocycles. The third-order valence-corrected chi connectivity index (χ3v) is 5.68. The van der Waals surface area contributed by atoms with Crippen molar-refractivity contribution in [1.29, 1.82) is 0 Å². The van der Waals surface area contributed by atoms with E-state index in [2.05, 4.69) is 4.98 Å². The van der Waals surface area contributed by atoms with Crippen LogP contribution in [-0.4, -0.2) is 29.2 Å². The van der Waals surface area contributed by atoms with Crippen molar-refractivity contribution in [2.24, 2.45) is 0 Å². The molecule has 7 heteroatoms. The van der Waals surface area contributed by atoms with E-state index in [0.29, 0.717) is 39.6 Å². The molecule has 3 rings (SSSR count). The Morgan fingerprint density at radius 1 is 1.25 bits per heavy atom. The second-order valence-corrected chi connectivity index (χ2v) is 7.87. The number of hydrogen-bond acceptors (Lipinski definition) is 6. The number of methoxy groups -OCH3 is 1. The Balaban J connectivity index is 1.98. The zero-order chi connectivity index (χ0) is 20.3. The fraction of sp³-hybridized carbons (Fsp3) is 0.381. The molecule has 2 aromatic heterocycles. The van der Waals surface area contributed by atoms with Crippen molar-refractivity contribution in [3.8, 4) is 0 Å². The van der Waals surface area contributed by atoms with Crippen LogP contribution in [0.2, 0.25) is 0 Å². The third-order valence-electron chi connectivity index (χ3n) is 4.51. The first-order valence-electron chi connectivity index (χ1n) is 9.17. The summed E-state index contributed by atoms with van der Waals surface area (Å²) in [6.07, 6.45) is 0. The summed E-state index contributed by atoms with van der Waals surface area (Å²) >= 11 is 1.22. The first-order valence-corrected chi connectivity index (χ1v) is 9.99. The summed E-state index contributed by atoms with van der Waals surface area (Å²) in [6.45, 7) is 6.79. The van der Waals surface area contributed by atoms with Crippen molar-refractivity contribution < 1.29 is 14.3 Å². The van der Waals surface area contributed by atoms with E-state index in [1.807, 2.05) is 44.2 Å². The Morgan fingerprint density at radius 2 is 1.96 bits per heavy atom. The minimum absolute atomic E-state index is 0.0739. The molecule has 0 radical (unpaired) electrons. The Bertz CT molecular complexity index is 1040. The first kappa shape index (κ1) is 20.2. The average Bonchev–Trinajstić information content (AvgIpc) is 3.02. The Hall–Kier alpha value is -2.51. The maximum absolute atomic E-state index is 13.1. The van der Waals surface area contributed by atoms with Gasteiger partial charge in [0.25, 0.3) is 5.56 Å². The number of thiophene rings is 1. The van der Waals surface area contributed by atoms with Gasteiger partial charge < -0.3 is 9.47 Å². The third kappa shape index (κ3) is 4.00. The minimum Gasteiger partial charge on any atom is -0.457 e. The van der Waals surface area contributed by atoms with Crippen LogP contribution in [-0.2, 0) is 22.6 Å². The second kappa shape index (κ2) is 8.67. The van der Waals surface area contributed by atoms with Crippen molar-refractivity contribution in [3.63, 3.8) is 0 Å². The number of aryl methyl sites for hydroxylation is 1. The fourth-order valence-corrected chi connectivity index (χ4v) is 4.13.